The molecule has 9 heavy (non-hydrogen) atoms. The summed E-state index contributed by atoms with van der Waals surface area (Å²) >= 11 is 0. The fourth-order valence-electron chi connectivity index (χ4n) is 0.510. The second-order valence-corrected chi connectivity index (χ2v) is 1.62. The Labute approximate surface area is 52.2 Å². The zero-order valence-corrected chi connectivity index (χ0v) is 5.00. The van der Waals surface area contributed by atoms with Crippen LogP contribution >= 0.6 is 0 Å². The van der Waals surface area contributed by atoms with Crippen LogP contribution in [0, 0.1) is 0 Å². The number of hydrogen-bond donors (Lipinski definition) is 2. The molecule has 0 aromatic carbocycles. The van der Waals surface area contributed by atoms with Crippen LogP contribution < -0.4 is 0 Å². The van der Waals surface area contributed by atoms with Crippen LogP contribution in [0.5, 0.6) is 0 Å². The Kier molecular flexibility index (Phi) is 1.48. The number of hydrogen-bond acceptors (Lipinski definition) is 3. The Balaban J connectivity index is 2.90. The number of rotatable bonds is 1. The highest BCUT2D eigenvalue weighted by Crippen LogP contribution is 1.89. The Hall–Kier alpha value is -1.32. The van der Waals surface area contributed by atoms with Crippen LogP contribution in [0.1, 0.15) is 12.7 Å². The lowest BCUT2D eigenvalue weighted by atomic mass is 10.4. The first kappa shape index (κ1) is 5.81. The van der Waals surface area contributed by atoms with Crippen LogP contribution in [0.4, 0.5) is 0 Å². The molecule has 4 nitrogen and oxygen atoms in total. The molecule has 0 aliphatic rings. The highest BCUT2D eigenvalue weighted by atomic mass is 16.4. The van der Waals surface area contributed by atoms with Gasteiger partial charge in [-0.25, -0.2) is 4.98 Å². The van der Waals surface area contributed by atoms with E-state index < -0.39 is 0 Å². The second kappa shape index (κ2) is 2.30. The van der Waals surface area contributed by atoms with E-state index in [1.54, 1.807) is 19.3 Å². The third kappa shape index (κ3) is 1.07. The Morgan fingerprint density at radius 1 is 1.89 bits per heavy atom. The van der Waals surface area contributed by atoms with Crippen LogP contribution in [0.15, 0.2) is 17.5 Å². The van der Waals surface area contributed by atoms with Crippen LogP contribution in [0.2, 0.25) is 0 Å². The van der Waals surface area contributed by atoms with Gasteiger partial charge in [-0.1, -0.05) is 5.16 Å². The Morgan fingerprint density at radius 3 is 3.11 bits per heavy atom. The maximum Gasteiger partial charge on any atom is 0.154 e. The van der Waals surface area contributed by atoms with E-state index >= 15 is 0 Å². The topological polar surface area (TPSA) is 61.3 Å². The van der Waals surface area contributed by atoms with E-state index in [9.17, 15) is 0 Å². The van der Waals surface area contributed by atoms with Crippen molar-refractivity contribution in [2.24, 2.45) is 5.16 Å². The van der Waals surface area contributed by atoms with E-state index in [1.165, 1.54) is 0 Å². The minimum atomic E-state index is 0.486. The summed E-state index contributed by atoms with van der Waals surface area (Å²) in [5.41, 5.74) is 0.486. The first-order valence-electron chi connectivity index (χ1n) is 2.53. The van der Waals surface area contributed by atoms with Gasteiger partial charge in [0.05, 0.1) is 0 Å². The predicted octanol–water partition coefficient (Wildman–Crippen LogP) is 0.608. The molecule has 2 N–H and O–H groups in total. The predicted molar refractivity (Wildman–Crippen MR) is 32.6 cm³/mol. The number of aromatic amines is 1. The van der Waals surface area contributed by atoms with E-state index in [4.69, 9.17) is 5.21 Å². The van der Waals surface area contributed by atoms with E-state index in [0.29, 0.717) is 11.5 Å². The van der Waals surface area contributed by atoms with Crippen molar-refractivity contribution in [3.63, 3.8) is 0 Å². The number of H-pyrrole nitrogens is 1. The molecule has 48 valence electrons. The lowest BCUT2D eigenvalue weighted by Gasteiger charge is -1.86. The Bertz CT molecular complexity index is 202. The van der Waals surface area contributed by atoms with Gasteiger partial charge in [0, 0.05) is 12.4 Å². The van der Waals surface area contributed by atoms with Gasteiger partial charge in [-0.2, -0.15) is 0 Å². The molecule has 0 saturated carbocycles. The monoisotopic (exact) mass is 125 g/mol. The van der Waals surface area contributed by atoms with Crippen molar-refractivity contribution in [1.82, 2.24) is 9.97 Å². The summed E-state index contributed by atoms with van der Waals surface area (Å²) < 4.78 is 0. The van der Waals surface area contributed by atoms with Gasteiger partial charge in [-0.05, 0) is 6.92 Å². The minimum absolute atomic E-state index is 0.486. The van der Waals surface area contributed by atoms with Crippen molar-refractivity contribution in [3.05, 3.63) is 18.2 Å². The molecule has 0 fully saturated rings. The molecule has 4 heteroatoms. The van der Waals surface area contributed by atoms with E-state index in [2.05, 4.69) is 15.1 Å². The molecule has 1 aromatic rings. The molecular weight excluding hydrogens is 118 g/mol. The molecule has 0 amide bonds. The largest absolute Gasteiger partial charge is 0.411 e. The lowest BCUT2D eigenvalue weighted by molar-refractivity contribution is 0.319. The molecule has 0 bridgehead atoms. The van der Waals surface area contributed by atoms with E-state index in [1.807, 2.05) is 0 Å². The van der Waals surface area contributed by atoms with Gasteiger partial charge < -0.3 is 10.2 Å². The van der Waals surface area contributed by atoms with Crippen LogP contribution in [-0.2, 0) is 0 Å². The fourth-order valence-corrected chi connectivity index (χ4v) is 0.510. The number of imidazole rings is 1. The summed E-state index contributed by atoms with van der Waals surface area (Å²) in [5.74, 6) is 0.595. The van der Waals surface area contributed by atoms with Gasteiger partial charge in [0.1, 0.15) is 5.71 Å². The summed E-state index contributed by atoms with van der Waals surface area (Å²) in [7, 11) is 0. The van der Waals surface area contributed by atoms with Gasteiger partial charge in [0.15, 0.2) is 5.82 Å². The third-order valence-corrected chi connectivity index (χ3v) is 0.991. The highest BCUT2D eigenvalue weighted by Gasteiger charge is 1.96. The zero-order valence-electron chi connectivity index (χ0n) is 5.00. The summed E-state index contributed by atoms with van der Waals surface area (Å²) in [6.45, 7) is 1.67. The van der Waals surface area contributed by atoms with Gasteiger partial charge in [0.2, 0.25) is 0 Å². The van der Waals surface area contributed by atoms with E-state index in [-0.39, 0.29) is 0 Å². The lowest BCUT2D eigenvalue weighted by Crippen LogP contribution is -1.95. The van der Waals surface area contributed by atoms with Gasteiger partial charge in [-0.3, -0.25) is 0 Å². The summed E-state index contributed by atoms with van der Waals surface area (Å²) in [5, 5.41) is 11.2. The van der Waals surface area contributed by atoms with Crippen LogP contribution in [0.25, 0.3) is 0 Å². The molecule has 0 spiro atoms. The Morgan fingerprint density at radius 2 is 2.67 bits per heavy atom. The van der Waals surface area contributed by atoms with Gasteiger partial charge in [0.25, 0.3) is 0 Å². The fraction of sp³-hybridized carbons (Fsp3) is 0.200. The van der Waals surface area contributed by atoms with Crippen molar-refractivity contribution in [1.29, 1.82) is 0 Å². The molecular formula is C5H7N3O. The highest BCUT2D eigenvalue weighted by molar-refractivity contribution is 5.94. The molecule has 0 atom stereocenters. The normalized spacial score (nSPS) is 11.9. The second-order valence-electron chi connectivity index (χ2n) is 1.62. The molecule has 0 aliphatic heterocycles. The maximum absolute atomic E-state index is 8.23. The SMILES string of the molecule is CC(=NO)c1ncc[nH]1. The van der Waals surface area contributed by atoms with Crippen molar-refractivity contribution < 1.29 is 5.21 Å². The quantitative estimate of drug-likeness (QED) is 0.328. The molecule has 0 aliphatic carbocycles. The molecule has 0 saturated heterocycles. The standard InChI is InChI=1S/C5H7N3O/c1-4(8-9)5-6-2-3-7-5/h2-3,9H,1H3,(H,6,7). The minimum Gasteiger partial charge on any atom is -0.411 e. The van der Waals surface area contributed by atoms with Crippen molar-refractivity contribution in [2.45, 2.75) is 6.92 Å². The van der Waals surface area contributed by atoms with Crippen molar-refractivity contribution in [2.75, 3.05) is 0 Å². The molecule has 1 heterocycles. The molecule has 0 radical (unpaired) electrons. The van der Waals surface area contributed by atoms with Gasteiger partial charge >= 0.3 is 0 Å². The third-order valence-electron chi connectivity index (χ3n) is 0.991. The smallest absolute Gasteiger partial charge is 0.154 e. The number of nitrogens with one attached hydrogen (secondary N) is 1. The van der Waals surface area contributed by atoms with Gasteiger partial charge in [-0.15, -0.1) is 0 Å². The van der Waals surface area contributed by atoms with Crippen LogP contribution in [-0.4, -0.2) is 20.9 Å². The number of nitrogens with zero attached hydrogens (tertiary/aromatic N) is 2. The summed E-state index contributed by atoms with van der Waals surface area (Å²) in [6, 6.07) is 0. The van der Waals surface area contributed by atoms with E-state index in [0.717, 1.165) is 0 Å². The van der Waals surface area contributed by atoms with Crippen molar-refractivity contribution in [3.8, 4) is 0 Å². The number of oxime groups is 1. The van der Waals surface area contributed by atoms with Crippen LogP contribution in [0.3, 0.4) is 0 Å². The maximum atomic E-state index is 8.23. The number of aromatic nitrogens is 2. The molecule has 0 unspecified atom stereocenters. The molecule has 1 rings (SSSR count). The molecule has 1 aromatic heterocycles. The summed E-state index contributed by atoms with van der Waals surface area (Å²) in [4.78, 5) is 6.63. The average Bonchev–Trinajstić information content (AvgIpc) is 2.37. The summed E-state index contributed by atoms with van der Waals surface area (Å²) in [6.07, 6.45) is 3.27. The average molecular weight is 125 g/mol. The first-order valence-corrected chi connectivity index (χ1v) is 2.53. The van der Waals surface area contributed by atoms with Crippen molar-refractivity contribution >= 4 is 5.71 Å². The first-order chi connectivity index (χ1) is 4.34. The zero-order chi connectivity index (χ0) is 6.69.